The van der Waals surface area contributed by atoms with Gasteiger partial charge < -0.3 is 24.0 Å². The van der Waals surface area contributed by atoms with Crippen LogP contribution < -0.4 is 9.47 Å². The summed E-state index contributed by atoms with van der Waals surface area (Å²) in [5, 5.41) is 12.6. The third-order valence-electron chi connectivity index (χ3n) is 5.47. The second-order valence-corrected chi connectivity index (χ2v) is 8.41. The summed E-state index contributed by atoms with van der Waals surface area (Å²) in [4.78, 5) is 32.4. The van der Waals surface area contributed by atoms with Crippen LogP contribution in [0.5, 0.6) is 11.5 Å². The average Bonchev–Trinajstić information content (AvgIpc) is 3.58. The van der Waals surface area contributed by atoms with Crippen molar-refractivity contribution < 1.29 is 24.2 Å². The molecule has 3 heterocycles. The predicted octanol–water partition coefficient (Wildman–Crippen LogP) is 4.02. The number of ether oxygens (including phenoxy) is 2. The molecule has 1 aromatic carbocycles. The molecule has 9 heteroatoms. The number of aromatic nitrogens is 2. The Morgan fingerprint density at radius 2 is 2.09 bits per heavy atom. The van der Waals surface area contributed by atoms with Gasteiger partial charge in [-0.2, -0.15) is 0 Å². The summed E-state index contributed by atoms with van der Waals surface area (Å²) in [5.41, 5.74) is 0.742. The standard InChI is InChI=1S/C24H25N3O5S/c1-3-32-17-8-7-16(14-18(17)31-2)21-20(22(28)19-6-4-13-33-19)23(29)24(30)27(21)11-5-10-26-12-9-25-15-26/h4,6-9,12-15,21,29H,3,5,10-11H2,1-2H3. The molecule has 0 aliphatic carbocycles. The molecule has 0 fully saturated rings. The van der Waals surface area contributed by atoms with Crippen LogP contribution in [0.1, 0.15) is 34.6 Å². The van der Waals surface area contributed by atoms with Crippen molar-refractivity contribution in [1.82, 2.24) is 14.5 Å². The minimum absolute atomic E-state index is 0.0799. The van der Waals surface area contributed by atoms with Crippen LogP contribution in [-0.2, 0) is 11.3 Å². The van der Waals surface area contributed by atoms with Crippen molar-refractivity contribution in [2.45, 2.75) is 25.9 Å². The second-order valence-electron chi connectivity index (χ2n) is 7.47. The highest BCUT2D eigenvalue weighted by Gasteiger charge is 2.44. The van der Waals surface area contributed by atoms with Crippen molar-refractivity contribution in [1.29, 1.82) is 0 Å². The van der Waals surface area contributed by atoms with Crippen LogP contribution in [0.4, 0.5) is 0 Å². The summed E-state index contributed by atoms with van der Waals surface area (Å²) < 4.78 is 13.0. The fourth-order valence-electron chi connectivity index (χ4n) is 3.97. The summed E-state index contributed by atoms with van der Waals surface area (Å²) >= 11 is 1.27. The number of imidazole rings is 1. The van der Waals surface area contributed by atoms with E-state index < -0.39 is 17.7 Å². The number of nitrogens with zero attached hydrogens (tertiary/aromatic N) is 3. The third-order valence-corrected chi connectivity index (χ3v) is 6.34. The molecule has 4 rings (SSSR count). The molecule has 0 bridgehead atoms. The first-order valence-electron chi connectivity index (χ1n) is 10.6. The first-order valence-corrected chi connectivity index (χ1v) is 11.5. The van der Waals surface area contributed by atoms with Crippen LogP contribution in [0.15, 0.2) is 65.8 Å². The van der Waals surface area contributed by atoms with Crippen molar-refractivity contribution in [3.05, 3.63) is 76.2 Å². The third kappa shape index (κ3) is 4.49. The lowest BCUT2D eigenvalue weighted by atomic mass is 9.95. The molecule has 1 unspecified atom stereocenters. The number of amides is 1. The number of aliphatic hydroxyl groups is 1. The first kappa shape index (κ1) is 22.6. The predicted molar refractivity (Wildman–Crippen MR) is 124 cm³/mol. The Hall–Kier alpha value is -3.59. The number of aliphatic hydroxyl groups excluding tert-OH is 1. The Labute approximate surface area is 195 Å². The van der Waals surface area contributed by atoms with Gasteiger partial charge in [0, 0.05) is 25.5 Å². The number of aryl methyl sites for hydroxylation is 1. The van der Waals surface area contributed by atoms with Crippen LogP contribution in [-0.4, -0.2) is 51.5 Å². The van der Waals surface area contributed by atoms with Gasteiger partial charge in [-0.1, -0.05) is 12.1 Å². The molecule has 0 saturated heterocycles. The van der Waals surface area contributed by atoms with E-state index >= 15 is 0 Å². The van der Waals surface area contributed by atoms with Crippen LogP contribution in [0.3, 0.4) is 0 Å². The fourth-order valence-corrected chi connectivity index (χ4v) is 4.65. The topological polar surface area (TPSA) is 93.9 Å². The lowest BCUT2D eigenvalue weighted by molar-refractivity contribution is -0.129. The van der Waals surface area contributed by atoms with Crippen molar-refractivity contribution in [2.24, 2.45) is 0 Å². The summed E-state index contributed by atoms with van der Waals surface area (Å²) in [6, 6.07) is 8.04. The molecular formula is C24H25N3O5S. The Balaban J connectivity index is 1.70. The summed E-state index contributed by atoms with van der Waals surface area (Å²) in [6.45, 7) is 3.35. The number of carbonyl (C=O) groups excluding carboxylic acids is 2. The van der Waals surface area contributed by atoms with Crippen LogP contribution >= 0.6 is 11.3 Å². The monoisotopic (exact) mass is 467 g/mol. The van der Waals surface area contributed by atoms with E-state index in [1.54, 1.807) is 53.1 Å². The number of ketones is 1. The van der Waals surface area contributed by atoms with Gasteiger partial charge in [-0.3, -0.25) is 9.59 Å². The molecule has 0 saturated carbocycles. The van der Waals surface area contributed by atoms with E-state index in [9.17, 15) is 14.7 Å². The number of hydrogen-bond acceptors (Lipinski definition) is 7. The fraction of sp³-hybridized carbons (Fsp3) is 0.292. The number of thiophene rings is 1. The maximum absolute atomic E-state index is 13.3. The highest BCUT2D eigenvalue weighted by molar-refractivity contribution is 7.12. The second kappa shape index (κ2) is 9.91. The molecular weight excluding hydrogens is 442 g/mol. The van der Waals surface area contributed by atoms with E-state index in [1.807, 2.05) is 17.7 Å². The van der Waals surface area contributed by atoms with Gasteiger partial charge in [-0.05, 0) is 42.5 Å². The number of methoxy groups -OCH3 is 1. The van der Waals surface area contributed by atoms with Gasteiger partial charge in [-0.15, -0.1) is 11.3 Å². The Kier molecular flexibility index (Phi) is 6.79. The zero-order valence-electron chi connectivity index (χ0n) is 18.4. The van der Waals surface area contributed by atoms with Crippen molar-refractivity contribution >= 4 is 23.0 Å². The maximum atomic E-state index is 13.3. The summed E-state index contributed by atoms with van der Waals surface area (Å²) in [6.07, 6.45) is 5.88. The van der Waals surface area contributed by atoms with Gasteiger partial charge in [-0.25, -0.2) is 4.98 Å². The zero-order valence-corrected chi connectivity index (χ0v) is 19.2. The van der Waals surface area contributed by atoms with Gasteiger partial charge >= 0.3 is 0 Å². The minimum atomic E-state index is -0.737. The largest absolute Gasteiger partial charge is 0.503 e. The average molecular weight is 468 g/mol. The number of Topliss-reactive ketones (excluding diaryl/α,β-unsaturated/α-hetero) is 1. The Bertz CT molecular complexity index is 1150. The Morgan fingerprint density at radius 1 is 1.24 bits per heavy atom. The minimum Gasteiger partial charge on any atom is -0.503 e. The lowest BCUT2D eigenvalue weighted by Gasteiger charge is -2.27. The Morgan fingerprint density at radius 3 is 2.76 bits per heavy atom. The molecule has 1 amide bonds. The molecule has 33 heavy (non-hydrogen) atoms. The molecule has 8 nitrogen and oxygen atoms in total. The van der Waals surface area contributed by atoms with E-state index in [0.717, 1.165) is 0 Å². The molecule has 0 spiro atoms. The number of rotatable bonds is 10. The van der Waals surface area contributed by atoms with Crippen LogP contribution in [0.25, 0.3) is 0 Å². The van der Waals surface area contributed by atoms with Crippen molar-refractivity contribution in [3.63, 3.8) is 0 Å². The summed E-state index contributed by atoms with van der Waals surface area (Å²) in [5.74, 6) is -0.355. The van der Waals surface area contributed by atoms with Crippen LogP contribution in [0, 0.1) is 0 Å². The maximum Gasteiger partial charge on any atom is 0.290 e. The number of carbonyl (C=O) groups is 2. The molecule has 3 aromatic rings. The summed E-state index contributed by atoms with van der Waals surface area (Å²) in [7, 11) is 1.54. The van der Waals surface area contributed by atoms with E-state index in [2.05, 4.69) is 4.98 Å². The van der Waals surface area contributed by atoms with E-state index in [1.165, 1.54) is 18.4 Å². The first-order chi connectivity index (χ1) is 16.0. The van der Waals surface area contributed by atoms with E-state index in [0.29, 0.717) is 48.1 Å². The van der Waals surface area contributed by atoms with Gasteiger partial charge in [0.2, 0.25) is 5.78 Å². The van der Waals surface area contributed by atoms with Crippen molar-refractivity contribution in [2.75, 3.05) is 20.3 Å². The van der Waals surface area contributed by atoms with Crippen LogP contribution in [0.2, 0.25) is 0 Å². The molecule has 2 aromatic heterocycles. The van der Waals surface area contributed by atoms with E-state index in [4.69, 9.17) is 9.47 Å². The normalized spacial score (nSPS) is 15.9. The molecule has 1 N–H and O–H groups in total. The SMILES string of the molecule is CCOc1ccc(C2C(C(=O)c3cccs3)=C(O)C(=O)N2CCCn2ccnc2)cc1OC. The lowest BCUT2D eigenvalue weighted by Crippen LogP contribution is -2.32. The van der Waals surface area contributed by atoms with Gasteiger partial charge in [0.05, 0.1) is 36.5 Å². The highest BCUT2D eigenvalue weighted by atomic mass is 32.1. The van der Waals surface area contributed by atoms with Gasteiger partial charge in [0.15, 0.2) is 17.3 Å². The molecule has 1 aliphatic rings. The molecule has 1 aliphatic heterocycles. The molecule has 0 radical (unpaired) electrons. The van der Waals surface area contributed by atoms with Crippen molar-refractivity contribution in [3.8, 4) is 11.5 Å². The molecule has 172 valence electrons. The quantitative estimate of drug-likeness (QED) is 0.453. The number of hydrogen-bond donors (Lipinski definition) is 1. The number of benzene rings is 1. The molecule has 1 atom stereocenters. The zero-order chi connectivity index (χ0) is 23.4. The van der Waals surface area contributed by atoms with Gasteiger partial charge in [0.25, 0.3) is 5.91 Å². The van der Waals surface area contributed by atoms with E-state index in [-0.39, 0.29) is 11.4 Å². The highest BCUT2D eigenvalue weighted by Crippen LogP contribution is 2.42. The smallest absolute Gasteiger partial charge is 0.290 e. The van der Waals surface area contributed by atoms with Gasteiger partial charge in [0.1, 0.15) is 0 Å².